The summed E-state index contributed by atoms with van der Waals surface area (Å²) in [6.45, 7) is 4.91. The number of sulfone groups is 1. The monoisotopic (exact) mass is 164 g/mol. The average molecular weight is 164 g/mol. The maximum Gasteiger partial charge on any atom is 0.156 e. The Kier molecular flexibility index (Phi) is 2.86. The summed E-state index contributed by atoms with van der Waals surface area (Å²) >= 11 is 0. The lowest BCUT2D eigenvalue weighted by Crippen LogP contribution is -2.31. The topological polar surface area (TPSA) is 57.9 Å². The van der Waals surface area contributed by atoms with Crippen LogP contribution >= 0.6 is 0 Å². The van der Waals surface area contributed by atoms with Crippen molar-refractivity contribution in [3.05, 3.63) is 0 Å². The van der Waals surface area contributed by atoms with Crippen LogP contribution in [0.1, 0.15) is 20.8 Å². The maximum absolute atomic E-state index is 11.1. The lowest BCUT2D eigenvalue weighted by molar-refractivity contribution is 0.560. The Morgan fingerprint density at radius 1 is 1.30 bits per heavy atom. The van der Waals surface area contributed by atoms with Crippen LogP contribution in [0.25, 0.3) is 0 Å². The van der Waals surface area contributed by atoms with Crippen LogP contribution in [0.15, 0.2) is 0 Å². The SMILES string of the molecule is CC(C)(C)S(=O)(=O)CC[NH]. The van der Waals surface area contributed by atoms with Gasteiger partial charge in [0, 0.05) is 6.54 Å². The molecule has 61 valence electrons. The molecule has 0 heterocycles. The van der Waals surface area contributed by atoms with E-state index in [0.717, 1.165) is 0 Å². The third-order valence-electron chi connectivity index (χ3n) is 1.30. The zero-order valence-electron chi connectivity index (χ0n) is 6.64. The predicted octanol–water partition coefficient (Wildman–Crippen LogP) is 0.483. The van der Waals surface area contributed by atoms with E-state index in [1.165, 1.54) is 0 Å². The molecule has 0 fully saturated rings. The first-order chi connectivity index (χ1) is 4.31. The largest absolute Gasteiger partial charge is 0.257 e. The average Bonchev–Trinajstić information content (AvgIpc) is 1.61. The molecular weight excluding hydrogens is 150 g/mol. The van der Waals surface area contributed by atoms with Crippen LogP contribution in [0.2, 0.25) is 0 Å². The Morgan fingerprint density at radius 2 is 1.70 bits per heavy atom. The first-order valence-corrected chi connectivity index (χ1v) is 4.83. The lowest BCUT2D eigenvalue weighted by atomic mass is 10.3. The second-order valence-electron chi connectivity index (χ2n) is 3.18. The van der Waals surface area contributed by atoms with Crippen molar-refractivity contribution in [2.75, 3.05) is 12.3 Å². The molecule has 0 atom stereocenters. The molecule has 0 aromatic heterocycles. The van der Waals surface area contributed by atoms with Crippen LogP contribution in [0, 0.1) is 0 Å². The van der Waals surface area contributed by atoms with Crippen molar-refractivity contribution in [1.29, 1.82) is 0 Å². The standard InChI is InChI=1S/C6H14NO2S/c1-6(2,3)10(8,9)5-4-7/h7H,4-5H2,1-3H3. The Hall–Kier alpha value is -0.0900. The molecule has 0 unspecified atom stereocenters. The van der Waals surface area contributed by atoms with Crippen LogP contribution in [0.4, 0.5) is 0 Å². The van der Waals surface area contributed by atoms with Crippen molar-refractivity contribution in [3.63, 3.8) is 0 Å². The summed E-state index contributed by atoms with van der Waals surface area (Å²) in [5, 5.41) is 0. The molecule has 1 N–H and O–H groups in total. The van der Waals surface area contributed by atoms with Crippen molar-refractivity contribution in [2.45, 2.75) is 25.5 Å². The summed E-state index contributed by atoms with van der Waals surface area (Å²) in [4.78, 5) is 0. The summed E-state index contributed by atoms with van der Waals surface area (Å²) in [6.07, 6.45) is 0. The van der Waals surface area contributed by atoms with E-state index >= 15 is 0 Å². The van der Waals surface area contributed by atoms with Gasteiger partial charge in [-0.25, -0.2) is 8.42 Å². The van der Waals surface area contributed by atoms with Gasteiger partial charge in [0.05, 0.1) is 10.5 Å². The van der Waals surface area contributed by atoms with Gasteiger partial charge in [0.1, 0.15) is 0 Å². The van der Waals surface area contributed by atoms with Crippen molar-refractivity contribution < 1.29 is 8.42 Å². The van der Waals surface area contributed by atoms with Crippen LogP contribution in [0.3, 0.4) is 0 Å². The quantitative estimate of drug-likeness (QED) is 0.596. The number of hydrogen-bond donors (Lipinski definition) is 0. The van der Waals surface area contributed by atoms with Gasteiger partial charge in [0.2, 0.25) is 0 Å². The third-order valence-corrected chi connectivity index (χ3v) is 3.91. The highest BCUT2D eigenvalue weighted by molar-refractivity contribution is 7.92. The Bertz CT molecular complexity index is 188. The van der Waals surface area contributed by atoms with Gasteiger partial charge >= 0.3 is 0 Å². The maximum atomic E-state index is 11.1. The summed E-state index contributed by atoms with van der Waals surface area (Å²) in [5.41, 5.74) is 6.76. The van der Waals surface area contributed by atoms with E-state index in [2.05, 4.69) is 0 Å². The van der Waals surface area contributed by atoms with E-state index in [1.54, 1.807) is 20.8 Å². The van der Waals surface area contributed by atoms with E-state index in [0.29, 0.717) is 0 Å². The van der Waals surface area contributed by atoms with Crippen LogP contribution < -0.4 is 5.73 Å². The molecule has 0 rings (SSSR count). The van der Waals surface area contributed by atoms with E-state index in [-0.39, 0.29) is 12.3 Å². The molecule has 0 aliphatic rings. The van der Waals surface area contributed by atoms with Crippen molar-refractivity contribution in [1.82, 2.24) is 5.73 Å². The molecule has 4 heteroatoms. The predicted molar refractivity (Wildman–Crippen MR) is 41.5 cm³/mol. The van der Waals surface area contributed by atoms with Gasteiger partial charge in [-0.15, -0.1) is 0 Å². The van der Waals surface area contributed by atoms with Gasteiger partial charge < -0.3 is 0 Å². The smallest absolute Gasteiger partial charge is 0.156 e. The van der Waals surface area contributed by atoms with Gasteiger partial charge in [-0.1, -0.05) is 0 Å². The fraction of sp³-hybridized carbons (Fsp3) is 1.00. The Balaban J connectivity index is 4.44. The lowest BCUT2D eigenvalue weighted by Gasteiger charge is -2.17. The van der Waals surface area contributed by atoms with Crippen molar-refractivity contribution in [2.24, 2.45) is 0 Å². The van der Waals surface area contributed by atoms with E-state index in [1.807, 2.05) is 0 Å². The molecule has 3 nitrogen and oxygen atoms in total. The van der Waals surface area contributed by atoms with Crippen LogP contribution in [-0.4, -0.2) is 25.5 Å². The van der Waals surface area contributed by atoms with Gasteiger partial charge in [0.25, 0.3) is 0 Å². The zero-order valence-corrected chi connectivity index (χ0v) is 7.46. The highest BCUT2D eigenvalue weighted by atomic mass is 32.2. The highest BCUT2D eigenvalue weighted by Crippen LogP contribution is 2.14. The minimum atomic E-state index is -3.04. The first kappa shape index (κ1) is 9.91. The summed E-state index contributed by atoms with van der Waals surface area (Å²) in [6, 6.07) is 0. The van der Waals surface area contributed by atoms with Gasteiger partial charge in [-0.3, -0.25) is 5.73 Å². The third kappa shape index (κ3) is 2.27. The Morgan fingerprint density at radius 3 is 1.80 bits per heavy atom. The normalized spacial score (nSPS) is 13.6. The molecular formula is C6H14NO2S. The zero-order chi connectivity index (χ0) is 8.41. The van der Waals surface area contributed by atoms with Crippen LogP contribution in [0.5, 0.6) is 0 Å². The van der Waals surface area contributed by atoms with Gasteiger partial charge in [0.15, 0.2) is 9.84 Å². The summed E-state index contributed by atoms with van der Waals surface area (Å²) in [5.74, 6) is -0.0312. The fourth-order valence-electron chi connectivity index (χ4n) is 0.441. The number of hydrogen-bond acceptors (Lipinski definition) is 2. The van der Waals surface area contributed by atoms with Crippen molar-refractivity contribution in [3.8, 4) is 0 Å². The molecule has 10 heavy (non-hydrogen) atoms. The second kappa shape index (κ2) is 2.88. The number of nitrogens with one attached hydrogen (secondary N) is 1. The molecule has 0 saturated heterocycles. The molecule has 0 saturated carbocycles. The fourth-order valence-corrected chi connectivity index (χ4v) is 1.32. The highest BCUT2D eigenvalue weighted by Gasteiger charge is 2.27. The van der Waals surface area contributed by atoms with E-state index in [9.17, 15) is 8.42 Å². The molecule has 0 amide bonds. The Labute approximate surface area is 62.5 Å². The van der Waals surface area contributed by atoms with Crippen LogP contribution in [-0.2, 0) is 9.84 Å². The van der Waals surface area contributed by atoms with Gasteiger partial charge in [-0.2, -0.15) is 0 Å². The summed E-state index contributed by atoms with van der Waals surface area (Å²) in [7, 11) is -3.04. The first-order valence-electron chi connectivity index (χ1n) is 3.18. The molecule has 0 aliphatic carbocycles. The van der Waals surface area contributed by atoms with Crippen molar-refractivity contribution >= 4 is 9.84 Å². The molecule has 1 radical (unpaired) electrons. The molecule has 0 aromatic rings. The summed E-state index contributed by atoms with van der Waals surface area (Å²) < 4.78 is 21.6. The van der Waals surface area contributed by atoms with E-state index < -0.39 is 14.6 Å². The molecule has 0 bridgehead atoms. The molecule has 0 aromatic carbocycles. The minimum Gasteiger partial charge on any atom is -0.257 e. The minimum absolute atomic E-state index is 0.0312. The molecule has 0 aliphatic heterocycles. The van der Waals surface area contributed by atoms with E-state index in [4.69, 9.17) is 5.73 Å². The second-order valence-corrected chi connectivity index (χ2v) is 6.04. The number of rotatable bonds is 2. The molecule has 0 spiro atoms. The van der Waals surface area contributed by atoms with Gasteiger partial charge in [-0.05, 0) is 20.8 Å².